The van der Waals surface area contributed by atoms with E-state index in [-0.39, 0.29) is 0 Å². The zero-order valence-electron chi connectivity index (χ0n) is 9.78. The van der Waals surface area contributed by atoms with Gasteiger partial charge in [0.1, 0.15) is 0 Å². The summed E-state index contributed by atoms with van der Waals surface area (Å²) < 4.78 is 2.07. The molecule has 0 amide bonds. The molecule has 4 nitrogen and oxygen atoms in total. The van der Waals surface area contributed by atoms with Crippen molar-refractivity contribution in [3.63, 3.8) is 0 Å². The molecule has 0 aliphatic rings. The van der Waals surface area contributed by atoms with Gasteiger partial charge >= 0.3 is 5.97 Å². The summed E-state index contributed by atoms with van der Waals surface area (Å²) in [6.07, 6.45) is 6.79. The van der Waals surface area contributed by atoms with Crippen LogP contribution in [0, 0.1) is 0 Å². The molecule has 0 fully saturated rings. The third-order valence-electron chi connectivity index (χ3n) is 2.06. The van der Waals surface area contributed by atoms with E-state index in [2.05, 4.69) is 16.5 Å². The fourth-order valence-electron chi connectivity index (χ4n) is 1.26. The average Bonchev–Trinajstić information content (AvgIpc) is 2.84. The molecule has 0 aliphatic heterocycles. The highest BCUT2D eigenvalue weighted by Crippen LogP contribution is 1.96. The molecule has 90 valence electrons. The molecule has 0 atom stereocenters. The van der Waals surface area contributed by atoms with Crippen LogP contribution in [-0.2, 0) is 6.54 Å². The number of carbonyl (C=O) groups is 1. The number of imidazole rings is 1. The van der Waals surface area contributed by atoms with Gasteiger partial charge in [0.25, 0.3) is 0 Å². The molecule has 1 heterocycles. The normalized spacial score (nSPS) is 9.24. The number of aromatic nitrogens is 2. The van der Waals surface area contributed by atoms with Crippen molar-refractivity contribution in [3.8, 4) is 0 Å². The summed E-state index contributed by atoms with van der Waals surface area (Å²) in [6.45, 7) is 3.24. The Hall–Kier alpha value is -2.10. The minimum absolute atomic E-state index is 0.331. The molecular weight excluding hydrogens is 216 g/mol. The lowest BCUT2D eigenvalue weighted by Crippen LogP contribution is -1.93. The number of carboxylic acids is 1. The average molecular weight is 232 g/mol. The minimum Gasteiger partial charge on any atom is -0.478 e. The number of hydrogen-bond donors (Lipinski definition) is 1. The molecule has 2 rings (SSSR count). The van der Waals surface area contributed by atoms with E-state index in [0.717, 1.165) is 6.54 Å². The zero-order chi connectivity index (χ0) is 12.5. The third kappa shape index (κ3) is 4.97. The molecule has 0 saturated carbocycles. The largest absolute Gasteiger partial charge is 0.478 e. The van der Waals surface area contributed by atoms with Gasteiger partial charge in [0.15, 0.2) is 0 Å². The highest BCUT2D eigenvalue weighted by molar-refractivity contribution is 5.87. The zero-order valence-corrected chi connectivity index (χ0v) is 9.78. The summed E-state index contributed by atoms with van der Waals surface area (Å²) in [7, 11) is 0. The molecule has 17 heavy (non-hydrogen) atoms. The Bertz CT molecular complexity index is 424. The Labute approximate surface area is 101 Å². The smallest absolute Gasteiger partial charge is 0.335 e. The number of nitrogens with zero attached hydrogens (tertiary/aromatic N) is 2. The summed E-state index contributed by atoms with van der Waals surface area (Å²) in [4.78, 5) is 14.1. The van der Waals surface area contributed by atoms with Gasteiger partial charge in [-0.2, -0.15) is 0 Å². The van der Waals surface area contributed by atoms with Crippen molar-refractivity contribution < 1.29 is 9.90 Å². The second kappa shape index (κ2) is 7.22. The first-order valence-electron chi connectivity index (χ1n) is 5.48. The van der Waals surface area contributed by atoms with Gasteiger partial charge in [0, 0.05) is 18.9 Å². The minimum atomic E-state index is -0.879. The van der Waals surface area contributed by atoms with Gasteiger partial charge < -0.3 is 9.67 Å². The fraction of sp³-hybridized carbons (Fsp3) is 0.231. The lowest BCUT2D eigenvalue weighted by atomic mass is 10.2. The molecule has 4 heteroatoms. The summed E-state index contributed by atoms with van der Waals surface area (Å²) in [6, 6.07) is 8.30. The lowest BCUT2D eigenvalue weighted by Gasteiger charge is -1.93. The maximum Gasteiger partial charge on any atom is 0.335 e. The van der Waals surface area contributed by atoms with Gasteiger partial charge in [0.2, 0.25) is 0 Å². The molecule has 0 aliphatic carbocycles. The second-order valence-corrected chi connectivity index (χ2v) is 3.47. The van der Waals surface area contributed by atoms with Crippen molar-refractivity contribution in [2.75, 3.05) is 0 Å². The van der Waals surface area contributed by atoms with Crippen LogP contribution in [-0.4, -0.2) is 20.6 Å². The van der Waals surface area contributed by atoms with Crippen molar-refractivity contribution in [1.82, 2.24) is 9.55 Å². The number of aryl methyl sites for hydroxylation is 1. The van der Waals surface area contributed by atoms with Crippen LogP contribution < -0.4 is 0 Å². The van der Waals surface area contributed by atoms with Gasteiger partial charge in [-0.1, -0.05) is 25.1 Å². The van der Waals surface area contributed by atoms with E-state index in [0.29, 0.717) is 5.56 Å². The van der Waals surface area contributed by atoms with Crippen LogP contribution in [0.4, 0.5) is 0 Å². The van der Waals surface area contributed by atoms with E-state index < -0.39 is 5.97 Å². The van der Waals surface area contributed by atoms with Gasteiger partial charge in [-0.05, 0) is 18.6 Å². The van der Waals surface area contributed by atoms with Gasteiger partial charge in [-0.15, -0.1) is 0 Å². The van der Waals surface area contributed by atoms with Crippen LogP contribution in [0.5, 0.6) is 0 Å². The second-order valence-electron chi connectivity index (χ2n) is 3.47. The molecule has 1 aromatic carbocycles. The molecule has 0 radical (unpaired) electrons. The Morgan fingerprint density at radius 3 is 2.47 bits per heavy atom. The van der Waals surface area contributed by atoms with Crippen LogP contribution in [0.1, 0.15) is 23.7 Å². The van der Waals surface area contributed by atoms with Crippen LogP contribution >= 0.6 is 0 Å². The van der Waals surface area contributed by atoms with E-state index in [9.17, 15) is 4.79 Å². The van der Waals surface area contributed by atoms with Crippen molar-refractivity contribution >= 4 is 5.97 Å². The first kappa shape index (κ1) is 13.0. The number of aromatic carboxylic acids is 1. The van der Waals surface area contributed by atoms with E-state index in [1.807, 2.05) is 12.5 Å². The first-order chi connectivity index (χ1) is 8.24. The van der Waals surface area contributed by atoms with Crippen molar-refractivity contribution in [3.05, 3.63) is 54.6 Å². The summed E-state index contributed by atoms with van der Waals surface area (Å²) in [5.41, 5.74) is 0.331. The van der Waals surface area contributed by atoms with Gasteiger partial charge in [0.05, 0.1) is 11.9 Å². The van der Waals surface area contributed by atoms with E-state index in [1.54, 1.807) is 36.5 Å². The van der Waals surface area contributed by atoms with Crippen molar-refractivity contribution in [1.29, 1.82) is 0 Å². The molecule has 1 aromatic heterocycles. The Morgan fingerprint density at radius 2 is 2.06 bits per heavy atom. The van der Waals surface area contributed by atoms with Crippen LogP contribution in [0.3, 0.4) is 0 Å². The highest BCUT2D eigenvalue weighted by atomic mass is 16.4. The predicted octanol–water partition coefficient (Wildman–Crippen LogP) is 2.68. The fourth-order valence-corrected chi connectivity index (χ4v) is 1.26. The molecule has 2 aromatic rings. The van der Waals surface area contributed by atoms with Crippen molar-refractivity contribution in [2.24, 2.45) is 0 Å². The van der Waals surface area contributed by atoms with Gasteiger partial charge in [-0.3, -0.25) is 0 Å². The molecule has 0 saturated heterocycles. The Kier molecular flexibility index (Phi) is 5.51. The van der Waals surface area contributed by atoms with Crippen LogP contribution in [0.15, 0.2) is 49.1 Å². The predicted molar refractivity (Wildman–Crippen MR) is 65.9 cm³/mol. The first-order valence-corrected chi connectivity index (χ1v) is 5.48. The molecule has 0 unspecified atom stereocenters. The number of benzene rings is 1. The Morgan fingerprint density at radius 1 is 1.35 bits per heavy atom. The lowest BCUT2D eigenvalue weighted by molar-refractivity contribution is 0.0697. The Balaban J connectivity index is 0.000000171. The molecular formula is C13H16N2O2. The summed E-state index contributed by atoms with van der Waals surface area (Å²) >= 11 is 0. The SMILES string of the molecule is CCCn1ccnc1.O=C(O)c1ccccc1. The van der Waals surface area contributed by atoms with Crippen molar-refractivity contribution in [2.45, 2.75) is 19.9 Å². The van der Waals surface area contributed by atoms with Crippen LogP contribution in [0.25, 0.3) is 0 Å². The number of rotatable bonds is 3. The third-order valence-corrected chi connectivity index (χ3v) is 2.06. The molecule has 0 bridgehead atoms. The molecule has 0 spiro atoms. The number of hydrogen-bond acceptors (Lipinski definition) is 2. The quantitative estimate of drug-likeness (QED) is 0.885. The van der Waals surface area contributed by atoms with Gasteiger partial charge in [-0.25, -0.2) is 9.78 Å². The van der Waals surface area contributed by atoms with E-state index in [4.69, 9.17) is 5.11 Å². The maximum absolute atomic E-state index is 10.2. The highest BCUT2D eigenvalue weighted by Gasteiger charge is 1.96. The van der Waals surface area contributed by atoms with Crippen LogP contribution in [0.2, 0.25) is 0 Å². The topological polar surface area (TPSA) is 55.1 Å². The standard InChI is InChI=1S/C7H6O2.C6H10N2/c8-7(9)6-4-2-1-3-5-6;1-2-4-8-5-3-7-6-8/h1-5H,(H,8,9);3,5-6H,2,4H2,1H3. The monoisotopic (exact) mass is 232 g/mol. The summed E-state index contributed by atoms with van der Waals surface area (Å²) in [5.74, 6) is -0.879. The van der Waals surface area contributed by atoms with E-state index in [1.165, 1.54) is 6.42 Å². The molecule has 1 N–H and O–H groups in total. The number of carboxylic acid groups (broad SMARTS) is 1. The maximum atomic E-state index is 10.2. The summed E-state index contributed by atoms with van der Waals surface area (Å²) in [5, 5.41) is 8.38. The van der Waals surface area contributed by atoms with E-state index >= 15 is 0 Å².